The summed E-state index contributed by atoms with van der Waals surface area (Å²) in [5.41, 5.74) is 0.906. The Labute approximate surface area is 187 Å². The molecule has 12 heteroatoms. The van der Waals surface area contributed by atoms with Gasteiger partial charge in [-0.25, -0.2) is 12.8 Å². The molecule has 31 heavy (non-hydrogen) atoms. The minimum Gasteiger partial charge on any atom is -0.491 e. The Morgan fingerprint density at radius 1 is 1.16 bits per heavy atom. The molecule has 1 amide bonds. The second kappa shape index (κ2) is 9.03. The summed E-state index contributed by atoms with van der Waals surface area (Å²) in [5.74, 6) is -0.318. The molecule has 0 atom stereocenters. The summed E-state index contributed by atoms with van der Waals surface area (Å²) in [4.78, 5) is 14.2. The molecule has 0 unspecified atom stereocenters. The third-order valence-corrected chi connectivity index (χ3v) is 7.69. The second-order valence-corrected chi connectivity index (χ2v) is 9.69. The Hall–Kier alpha value is -2.34. The standard InChI is InChI=1S/C19H18ClFN4O4S2/c20-14-12-13(21)4-5-16(14)29-11-6-18(26)24-7-9-25(10-8-24)31(27,28)17-3-1-2-15-19(17)23-30-22-15/h1-5,12H,6-11H2. The SMILES string of the molecule is O=C(CCOc1ccc(F)cc1Cl)N1CCN(S(=O)(=O)c2cccc3nsnc23)CC1. The molecule has 4 rings (SSSR count). The van der Waals surface area contributed by atoms with Gasteiger partial charge >= 0.3 is 0 Å². The summed E-state index contributed by atoms with van der Waals surface area (Å²) < 4.78 is 54.2. The van der Waals surface area contributed by atoms with Crippen LogP contribution in [0.15, 0.2) is 41.3 Å². The largest absolute Gasteiger partial charge is 0.491 e. The Morgan fingerprint density at radius 3 is 2.68 bits per heavy atom. The molecule has 1 aliphatic heterocycles. The van der Waals surface area contributed by atoms with E-state index in [0.29, 0.717) is 16.8 Å². The molecule has 8 nitrogen and oxygen atoms in total. The van der Waals surface area contributed by atoms with Gasteiger partial charge in [-0.1, -0.05) is 17.7 Å². The number of amides is 1. The Kier molecular flexibility index (Phi) is 6.37. The molecule has 1 fully saturated rings. The number of aromatic nitrogens is 2. The molecule has 1 aromatic heterocycles. The third-order valence-electron chi connectivity index (χ3n) is 4.93. The molecular formula is C19H18ClFN4O4S2. The van der Waals surface area contributed by atoms with Gasteiger partial charge in [0.25, 0.3) is 0 Å². The maximum Gasteiger partial charge on any atom is 0.245 e. The van der Waals surface area contributed by atoms with Crippen molar-refractivity contribution in [3.63, 3.8) is 0 Å². The molecule has 0 saturated carbocycles. The monoisotopic (exact) mass is 484 g/mol. The highest BCUT2D eigenvalue weighted by molar-refractivity contribution is 7.89. The summed E-state index contributed by atoms with van der Waals surface area (Å²) >= 11 is 6.87. The number of sulfonamides is 1. The number of halogens is 2. The van der Waals surface area contributed by atoms with Gasteiger partial charge in [-0.05, 0) is 30.3 Å². The Balaban J connectivity index is 1.33. The first kappa shape index (κ1) is 21.9. The predicted octanol–water partition coefficient (Wildman–Crippen LogP) is 2.79. The Bertz CT molecular complexity index is 1210. The minimum atomic E-state index is -3.74. The van der Waals surface area contributed by atoms with Gasteiger partial charge in [-0.2, -0.15) is 13.1 Å². The number of hydrogen-bond acceptors (Lipinski definition) is 7. The lowest BCUT2D eigenvalue weighted by atomic mass is 10.3. The van der Waals surface area contributed by atoms with Gasteiger partial charge in [-0.15, -0.1) is 0 Å². The molecular weight excluding hydrogens is 467 g/mol. The summed E-state index contributed by atoms with van der Waals surface area (Å²) in [6.45, 7) is 1.02. The lowest BCUT2D eigenvalue weighted by Crippen LogP contribution is -2.50. The number of hydrogen-bond donors (Lipinski definition) is 0. The number of carbonyl (C=O) groups is 1. The van der Waals surface area contributed by atoms with Crippen LogP contribution >= 0.6 is 23.3 Å². The quantitative estimate of drug-likeness (QED) is 0.534. The first-order valence-corrected chi connectivity index (χ1v) is 12.0. The van der Waals surface area contributed by atoms with Crippen LogP contribution in [0.2, 0.25) is 5.02 Å². The van der Waals surface area contributed by atoms with Crippen molar-refractivity contribution in [1.82, 2.24) is 18.0 Å². The maximum absolute atomic E-state index is 13.1. The fourth-order valence-corrected chi connectivity index (χ4v) is 5.70. The van der Waals surface area contributed by atoms with Crippen LogP contribution in [0.25, 0.3) is 11.0 Å². The number of nitrogens with zero attached hydrogens (tertiary/aromatic N) is 4. The van der Waals surface area contributed by atoms with E-state index in [0.717, 1.165) is 17.8 Å². The van der Waals surface area contributed by atoms with E-state index in [1.807, 2.05) is 0 Å². The van der Waals surface area contributed by atoms with Gasteiger partial charge in [-0.3, -0.25) is 4.79 Å². The van der Waals surface area contributed by atoms with Crippen molar-refractivity contribution in [3.05, 3.63) is 47.2 Å². The lowest BCUT2D eigenvalue weighted by Gasteiger charge is -2.34. The van der Waals surface area contributed by atoms with Crippen molar-refractivity contribution in [2.24, 2.45) is 0 Å². The van der Waals surface area contributed by atoms with E-state index in [-0.39, 0.29) is 55.0 Å². The summed E-state index contributed by atoms with van der Waals surface area (Å²) in [7, 11) is -3.74. The fraction of sp³-hybridized carbons (Fsp3) is 0.316. The van der Waals surface area contributed by atoms with Gasteiger partial charge in [0.15, 0.2) is 0 Å². The lowest BCUT2D eigenvalue weighted by molar-refractivity contribution is -0.132. The highest BCUT2D eigenvalue weighted by atomic mass is 35.5. The van der Waals surface area contributed by atoms with Crippen LogP contribution < -0.4 is 4.74 Å². The molecule has 1 aliphatic rings. The van der Waals surface area contributed by atoms with Crippen LogP contribution in [0.1, 0.15) is 6.42 Å². The van der Waals surface area contributed by atoms with Crippen molar-refractivity contribution in [2.75, 3.05) is 32.8 Å². The summed E-state index contributed by atoms with van der Waals surface area (Å²) in [5, 5.41) is 0.136. The number of piperazine rings is 1. The number of rotatable bonds is 6. The molecule has 0 bridgehead atoms. The van der Waals surface area contributed by atoms with Gasteiger partial charge < -0.3 is 9.64 Å². The molecule has 2 aromatic carbocycles. The number of carbonyl (C=O) groups excluding carboxylic acids is 1. The maximum atomic E-state index is 13.1. The molecule has 3 aromatic rings. The smallest absolute Gasteiger partial charge is 0.245 e. The van der Waals surface area contributed by atoms with E-state index in [2.05, 4.69) is 8.75 Å². The number of fused-ring (bicyclic) bond motifs is 1. The van der Waals surface area contributed by atoms with Gasteiger partial charge in [0.2, 0.25) is 15.9 Å². The Morgan fingerprint density at radius 2 is 1.94 bits per heavy atom. The predicted molar refractivity (Wildman–Crippen MR) is 114 cm³/mol. The average Bonchev–Trinajstić information content (AvgIpc) is 3.24. The van der Waals surface area contributed by atoms with E-state index in [1.165, 1.54) is 22.5 Å². The van der Waals surface area contributed by atoms with Crippen LogP contribution in [0.4, 0.5) is 4.39 Å². The van der Waals surface area contributed by atoms with Crippen molar-refractivity contribution in [3.8, 4) is 5.75 Å². The van der Waals surface area contributed by atoms with Crippen molar-refractivity contribution in [2.45, 2.75) is 11.3 Å². The van der Waals surface area contributed by atoms with Crippen molar-refractivity contribution in [1.29, 1.82) is 0 Å². The van der Waals surface area contributed by atoms with Crippen LogP contribution in [-0.4, -0.2) is 65.1 Å². The van der Waals surface area contributed by atoms with Crippen LogP contribution in [0.3, 0.4) is 0 Å². The zero-order chi connectivity index (χ0) is 22.0. The summed E-state index contributed by atoms with van der Waals surface area (Å²) in [6.07, 6.45) is 0.101. The van der Waals surface area contributed by atoms with Crippen molar-refractivity contribution >= 4 is 50.3 Å². The molecule has 0 radical (unpaired) electrons. The molecule has 1 saturated heterocycles. The fourth-order valence-electron chi connectivity index (χ4n) is 3.31. The molecule has 164 valence electrons. The summed E-state index contributed by atoms with van der Waals surface area (Å²) in [6, 6.07) is 8.66. The number of ether oxygens (including phenoxy) is 1. The normalized spacial score (nSPS) is 15.4. The number of benzene rings is 2. The van der Waals surface area contributed by atoms with Crippen molar-refractivity contribution < 1.29 is 22.3 Å². The minimum absolute atomic E-state index is 0.0848. The van der Waals surface area contributed by atoms with E-state index in [4.69, 9.17) is 16.3 Å². The van der Waals surface area contributed by atoms with Crippen LogP contribution in [0, 0.1) is 5.82 Å². The molecule has 2 heterocycles. The van der Waals surface area contributed by atoms with E-state index < -0.39 is 15.8 Å². The van der Waals surface area contributed by atoms with E-state index >= 15 is 0 Å². The third kappa shape index (κ3) is 4.64. The van der Waals surface area contributed by atoms with Gasteiger partial charge in [0.05, 0.1) is 29.8 Å². The molecule has 0 N–H and O–H groups in total. The van der Waals surface area contributed by atoms with E-state index in [1.54, 1.807) is 17.0 Å². The topological polar surface area (TPSA) is 92.7 Å². The van der Waals surface area contributed by atoms with Crippen LogP contribution in [-0.2, 0) is 14.8 Å². The van der Waals surface area contributed by atoms with Gasteiger partial charge in [0.1, 0.15) is 27.5 Å². The van der Waals surface area contributed by atoms with Gasteiger partial charge in [0, 0.05) is 26.2 Å². The second-order valence-electron chi connectivity index (χ2n) is 6.85. The highest BCUT2D eigenvalue weighted by Gasteiger charge is 2.31. The van der Waals surface area contributed by atoms with Crippen LogP contribution in [0.5, 0.6) is 5.75 Å². The average molecular weight is 485 g/mol. The zero-order valence-corrected chi connectivity index (χ0v) is 18.6. The first-order valence-electron chi connectivity index (χ1n) is 9.43. The zero-order valence-electron chi connectivity index (χ0n) is 16.2. The van der Waals surface area contributed by atoms with E-state index in [9.17, 15) is 17.6 Å². The highest BCUT2D eigenvalue weighted by Crippen LogP contribution is 2.26. The first-order chi connectivity index (χ1) is 14.9. The molecule has 0 spiro atoms. The molecule has 0 aliphatic carbocycles.